The third-order valence-corrected chi connectivity index (χ3v) is 6.59. The summed E-state index contributed by atoms with van der Waals surface area (Å²) < 4.78 is 48.7. The first-order valence-corrected chi connectivity index (χ1v) is 11.0. The van der Waals surface area contributed by atoms with Crippen LogP contribution in [0.4, 0.5) is 0 Å². The van der Waals surface area contributed by atoms with Crippen molar-refractivity contribution in [3.8, 4) is 11.5 Å². The van der Waals surface area contributed by atoms with E-state index in [0.717, 1.165) is 4.31 Å². The number of fused-ring (bicyclic) bond motifs is 1. The average molecular weight is 451 g/mol. The van der Waals surface area contributed by atoms with E-state index in [4.69, 9.17) is 18.6 Å². The second-order valence-corrected chi connectivity index (χ2v) is 8.61. The summed E-state index contributed by atoms with van der Waals surface area (Å²) in [5.41, 5.74) is 0. The summed E-state index contributed by atoms with van der Waals surface area (Å²) in [6.45, 7) is 0.882. The number of rotatable bonds is 6. The van der Waals surface area contributed by atoms with Gasteiger partial charge in [-0.15, -0.1) is 0 Å². The fourth-order valence-corrected chi connectivity index (χ4v) is 4.71. The molecule has 1 aromatic heterocycles. The molecule has 1 fully saturated rings. The quantitative estimate of drug-likeness (QED) is 0.578. The predicted octanol–water partition coefficient (Wildman–Crippen LogP) is -0.170. The van der Waals surface area contributed by atoms with Crippen LogP contribution in [0.5, 0.6) is 11.5 Å². The van der Waals surface area contributed by atoms with Gasteiger partial charge in [-0.1, -0.05) is 0 Å². The van der Waals surface area contributed by atoms with E-state index in [0.29, 0.717) is 30.5 Å². The number of furan rings is 1. The van der Waals surface area contributed by atoms with E-state index >= 15 is 0 Å². The van der Waals surface area contributed by atoms with Crippen molar-refractivity contribution >= 4 is 21.8 Å². The molecule has 3 heterocycles. The fourth-order valence-electron chi connectivity index (χ4n) is 3.18. The molecule has 0 saturated carbocycles. The fraction of sp³-hybridized carbons (Fsp3) is 0.368. The van der Waals surface area contributed by atoms with Crippen LogP contribution in [0.25, 0.3) is 0 Å². The molecule has 12 heteroatoms. The summed E-state index contributed by atoms with van der Waals surface area (Å²) in [5.74, 6) is -0.441. The second kappa shape index (κ2) is 8.96. The first-order chi connectivity index (χ1) is 14.9. The van der Waals surface area contributed by atoms with Gasteiger partial charge in [-0.05, 0) is 24.3 Å². The molecule has 4 rings (SSSR count). The molecule has 1 saturated heterocycles. The van der Waals surface area contributed by atoms with Crippen LogP contribution in [0, 0.1) is 0 Å². The summed E-state index contributed by atoms with van der Waals surface area (Å²) >= 11 is 0. The molecule has 0 spiro atoms. The van der Waals surface area contributed by atoms with Crippen LogP contribution in [0.1, 0.15) is 5.76 Å². The standard InChI is InChI=1S/C19H21N3O8S/c23-18(20-11-13-2-1-6-27-13)19(24)21-12-17-22(5-7-30-17)31(25,26)14-3-4-15-16(10-14)29-9-8-28-15/h1-4,6,10,17H,5,7-9,11-12H2,(H,20,23)(H,21,24). The first kappa shape index (κ1) is 21.2. The molecular formula is C19H21N3O8S. The van der Waals surface area contributed by atoms with Crippen molar-refractivity contribution in [1.29, 1.82) is 0 Å². The number of hydrogen-bond acceptors (Lipinski definition) is 8. The van der Waals surface area contributed by atoms with E-state index in [1.54, 1.807) is 18.2 Å². The van der Waals surface area contributed by atoms with Crippen LogP contribution < -0.4 is 20.1 Å². The maximum Gasteiger partial charge on any atom is 0.309 e. The Labute approximate surface area is 178 Å². The van der Waals surface area contributed by atoms with Gasteiger partial charge in [0, 0.05) is 12.6 Å². The van der Waals surface area contributed by atoms with E-state index in [-0.39, 0.29) is 31.1 Å². The Balaban J connectivity index is 1.37. The number of benzene rings is 1. The van der Waals surface area contributed by atoms with Gasteiger partial charge >= 0.3 is 11.8 Å². The van der Waals surface area contributed by atoms with Crippen molar-refractivity contribution in [3.05, 3.63) is 42.4 Å². The molecule has 2 aliphatic heterocycles. The minimum absolute atomic E-state index is 0.0229. The number of amides is 2. The number of nitrogens with zero attached hydrogens (tertiary/aromatic N) is 1. The van der Waals surface area contributed by atoms with Gasteiger partial charge in [0.15, 0.2) is 11.5 Å². The Morgan fingerprint density at radius 3 is 2.58 bits per heavy atom. The minimum Gasteiger partial charge on any atom is -0.486 e. The lowest BCUT2D eigenvalue weighted by atomic mass is 10.3. The van der Waals surface area contributed by atoms with Gasteiger partial charge in [0.05, 0.1) is 30.9 Å². The van der Waals surface area contributed by atoms with Gasteiger partial charge in [0.1, 0.15) is 25.2 Å². The molecule has 31 heavy (non-hydrogen) atoms. The molecular weight excluding hydrogens is 430 g/mol. The van der Waals surface area contributed by atoms with E-state index in [1.165, 1.54) is 18.4 Å². The van der Waals surface area contributed by atoms with Gasteiger partial charge in [-0.2, -0.15) is 4.31 Å². The molecule has 11 nitrogen and oxygen atoms in total. The Morgan fingerprint density at radius 2 is 1.81 bits per heavy atom. The highest BCUT2D eigenvalue weighted by atomic mass is 32.2. The first-order valence-electron chi connectivity index (χ1n) is 9.56. The zero-order valence-electron chi connectivity index (χ0n) is 16.4. The van der Waals surface area contributed by atoms with Crippen LogP contribution in [-0.4, -0.2) is 63.7 Å². The van der Waals surface area contributed by atoms with Gasteiger partial charge < -0.3 is 29.3 Å². The Morgan fingerprint density at radius 1 is 1.03 bits per heavy atom. The molecule has 0 radical (unpaired) electrons. The summed E-state index contributed by atoms with van der Waals surface area (Å²) in [7, 11) is -3.92. The molecule has 0 bridgehead atoms. The van der Waals surface area contributed by atoms with Crippen molar-refractivity contribution in [3.63, 3.8) is 0 Å². The Hall–Kier alpha value is -3.09. The second-order valence-electron chi connectivity index (χ2n) is 6.72. The van der Waals surface area contributed by atoms with Crippen molar-refractivity contribution in [1.82, 2.24) is 14.9 Å². The molecule has 1 atom stereocenters. The highest BCUT2D eigenvalue weighted by Crippen LogP contribution is 2.34. The number of carbonyl (C=O) groups is 2. The number of sulfonamides is 1. The van der Waals surface area contributed by atoms with Crippen molar-refractivity contribution < 1.29 is 36.6 Å². The molecule has 2 amide bonds. The van der Waals surface area contributed by atoms with E-state index < -0.39 is 28.1 Å². The number of carbonyl (C=O) groups excluding carboxylic acids is 2. The molecule has 0 aliphatic carbocycles. The summed E-state index contributed by atoms with van der Waals surface area (Å²) in [6.07, 6.45) is 0.510. The van der Waals surface area contributed by atoms with Gasteiger partial charge in [-0.25, -0.2) is 8.42 Å². The highest BCUT2D eigenvalue weighted by molar-refractivity contribution is 7.89. The molecule has 1 aromatic carbocycles. The molecule has 2 aromatic rings. The molecule has 2 aliphatic rings. The zero-order valence-corrected chi connectivity index (χ0v) is 17.2. The zero-order chi connectivity index (χ0) is 21.8. The number of nitrogens with one attached hydrogen (secondary N) is 2. The molecule has 2 N–H and O–H groups in total. The van der Waals surface area contributed by atoms with Gasteiger partial charge in [0.2, 0.25) is 10.0 Å². The largest absolute Gasteiger partial charge is 0.486 e. The topological polar surface area (TPSA) is 136 Å². The average Bonchev–Trinajstić information content (AvgIpc) is 3.47. The summed E-state index contributed by atoms with van der Waals surface area (Å²) in [5, 5.41) is 4.81. The Bertz CT molecular complexity index is 1050. The van der Waals surface area contributed by atoms with Crippen LogP contribution >= 0.6 is 0 Å². The van der Waals surface area contributed by atoms with E-state index in [2.05, 4.69) is 10.6 Å². The Kier molecular flexibility index (Phi) is 6.11. The van der Waals surface area contributed by atoms with E-state index in [1.807, 2.05) is 0 Å². The number of ether oxygens (including phenoxy) is 3. The van der Waals surface area contributed by atoms with Crippen LogP contribution in [-0.2, 0) is 30.9 Å². The van der Waals surface area contributed by atoms with Gasteiger partial charge in [0.25, 0.3) is 0 Å². The van der Waals surface area contributed by atoms with Crippen molar-refractivity contribution in [2.24, 2.45) is 0 Å². The van der Waals surface area contributed by atoms with Crippen LogP contribution in [0.15, 0.2) is 45.9 Å². The molecule has 166 valence electrons. The SMILES string of the molecule is O=C(NCc1ccco1)C(=O)NCC1OCCN1S(=O)(=O)c1ccc2c(c1)OCCO2. The summed E-state index contributed by atoms with van der Waals surface area (Å²) in [6, 6.07) is 7.69. The monoisotopic (exact) mass is 451 g/mol. The minimum atomic E-state index is -3.92. The van der Waals surface area contributed by atoms with Crippen LogP contribution in [0.3, 0.4) is 0 Å². The maximum atomic E-state index is 13.1. The van der Waals surface area contributed by atoms with Crippen molar-refractivity contribution in [2.75, 3.05) is 32.9 Å². The van der Waals surface area contributed by atoms with Crippen molar-refractivity contribution in [2.45, 2.75) is 17.7 Å². The third-order valence-electron chi connectivity index (χ3n) is 4.71. The number of hydrogen-bond donors (Lipinski definition) is 2. The van der Waals surface area contributed by atoms with Gasteiger partial charge in [-0.3, -0.25) is 9.59 Å². The normalized spacial score (nSPS) is 18.5. The smallest absolute Gasteiger partial charge is 0.309 e. The van der Waals surface area contributed by atoms with Crippen LogP contribution in [0.2, 0.25) is 0 Å². The molecule has 1 unspecified atom stereocenters. The summed E-state index contributed by atoms with van der Waals surface area (Å²) in [4.78, 5) is 24.0. The third kappa shape index (κ3) is 4.65. The predicted molar refractivity (Wildman–Crippen MR) is 105 cm³/mol. The van der Waals surface area contributed by atoms with E-state index in [9.17, 15) is 18.0 Å². The maximum absolute atomic E-state index is 13.1. The lowest BCUT2D eigenvalue weighted by Gasteiger charge is -2.24. The lowest BCUT2D eigenvalue weighted by Crippen LogP contribution is -2.47. The lowest BCUT2D eigenvalue weighted by molar-refractivity contribution is -0.139. The highest BCUT2D eigenvalue weighted by Gasteiger charge is 2.37.